The van der Waals surface area contributed by atoms with Crippen molar-refractivity contribution in [2.24, 2.45) is 0 Å². The van der Waals surface area contributed by atoms with Crippen LogP contribution in [0.2, 0.25) is 0 Å². The zero-order valence-corrected chi connectivity index (χ0v) is 12.2. The van der Waals surface area contributed by atoms with Crippen LogP contribution in [-0.4, -0.2) is 17.9 Å². The summed E-state index contributed by atoms with van der Waals surface area (Å²) in [7, 11) is 0. The lowest BCUT2D eigenvalue weighted by Gasteiger charge is -2.22. The quantitative estimate of drug-likeness (QED) is 0.822. The summed E-state index contributed by atoms with van der Waals surface area (Å²) in [5, 5.41) is 5.38. The zero-order valence-electron chi connectivity index (χ0n) is 10.6. The molecule has 1 aliphatic carbocycles. The summed E-state index contributed by atoms with van der Waals surface area (Å²) in [6.07, 6.45) is 5.41. The van der Waals surface area contributed by atoms with Gasteiger partial charge in [0.1, 0.15) is 0 Å². The number of rotatable bonds is 2. The minimum atomic E-state index is -0.604. The van der Waals surface area contributed by atoms with Gasteiger partial charge in [-0.25, -0.2) is 0 Å². The molecule has 0 saturated heterocycles. The van der Waals surface area contributed by atoms with Crippen LogP contribution in [0.4, 0.5) is 5.69 Å². The highest BCUT2D eigenvalue weighted by Gasteiger charge is 2.20. The molecule has 0 unspecified atom stereocenters. The molecular formula is C14H17BrN2O2. The molecular weight excluding hydrogens is 308 g/mol. The van der Waals surface area contributed by atoms with Gasteiger partial charge in [0.15, 0.2) is 0 Å². The summed E-state index contributed by atoms with van der Waals surface area (Å²) in [4.78, 5) is 23.5. The van der Waals surface area contributed by atoms with Crippen LogP contribution < -0.4 is 10.6 Å². The number of amides is 2. The standard InChI is InChI=1S/C14H17BrN2O2/c15-10-6-8-12(9-7-10)17-14(19)13(18)16-11-4-2-1-3-5-11/h6-9,11H,1-5H2,(H,16,18)(H,17,19). The van der Waals surface area contributed by atoms with Gasteiger partial charge < -0.3 is 10.6 Å². The van der Waals surface area contributed by atoms with Gasteiger partial charge in [0.05, 0.1) is 0 Å². The third-order valence-electron chi connectivity index (χ3n) is 3.25. The molecule has 0 spiro atoms. The molecule has 0 radical (unpaired) electrons. The van der Waals surface area contributed by atoms with Gasteiger partial charge in [-0.15, -0.1) is 0 Å². The van der Waals surface area contributed by atoms with E-state index in [0.29, 0.717) is 5.69 Å². The van der Waals surface area contributed by atoms with E-state index in [1.165, 1.54) is 6.42 Å². The van der Waals surface area contributed by atoms with Crippen LogP contribution in [0.1, 0.15) is 32.1 Å². The van der Waals surface area contributed by atoms with Crippen LogP contribution in [0.25, 0.3) is 0 Å². The second-order valence-corrected chi connectivity index (χ2v) is 5.69. The van der Waals surface area contributed by atoms with Crippen molar-refractivity contribution in [2.45, 2.75) is 38.1 Å². The maximum Gasteiger partial charge on any atom is 0.313 e. The van der Waals surface area contributed by atoms with Crippen LogP contribution in [-0.2, 0) is 9.59 Å². The van der Waals surface area contributed by atoms with Gasteiger partial charge >= 0.3 is 11.8 Å². The zero-order chi connectivity index (χ0) is 13.7. The van der Waals surface area contributed by atoms with Crippen molar-refractivity contribution in [1.82, 2.24) is 5.32 Å². The van der Waals surface area contributed by atoms with E-state index in [1.54, 1.807) is 12.1 Å². The Morgan fingerprint density at radius 3 is 2.26 bits per heavy atom. The highest BCUT2D eigenvalue weighted by atomic mass is 79.9. The summed E-state index contributed by atoms with van der Waals surface area (Å²) >= 11 is 3.31. The Hall–Kier alpha value is -1.36. The Labute approximate surface area is 121 Å². The third kappa shape index (κ3) is 4.35. The summed E-state index contributed by atoms with van der Waals surface area (Å²) in [5.41, 5.74) is 0.618. The fourth-order valence-corrected chi connectivity index (χ4v) is 2.48. The second kappa shape index (κ2) is 6.70. The van der Waals surface area contributed by atoms with Gasteiger partial charge in [0.2, 0.25) is 0 Å². The lowest BCUT2D eigenvalue weighted by molar-refractivity contribution is -0.136. The van der Waals surface area contributed by atoms with E-state index >= 15 is 0 Å². The van der Waals surface area contributed by atoms with Crippen molar-refractivity contribution in [3.05, 3.63) is 28.7 Å². The first-order valence-corrected chi connectivity index (χ1v) is 7.32. The van der Waals surface area contributed by atoms with Crippen LogP contribution in [0.15, 0.2) is 28.7 Å². The molecule has 102 valence electrons. The molecule has 1 saturated carbocycles. The molecule has 1 aromatic rings. The Morgan fingerprint density at radius 1 is 1.00 bits per heavy atom. The number of carbonyl (C=O) groups is 2. The van der Waals surface area contributed by atoms with E-state index in [2.05, 4.69) is 26.6 Å². The van der Waals surface area contributed by atoms with Gasteiger partial charge in [-0.1, -0.05) is 35.2 Å². The molecule has 4 nitrogen and oxygen atoms in total. The van der Waals surface area contributed by atoms with Crippen LogP contribution in [0, 0.1) is 0 Å². The average molecular weight is 325 g/mol. The Balaban J connectivity index is 1.84. The number of halogens is 1. The van der Waals surface area contributed by atoms with Crippen molar-refractivity contribution < 1.29 is 9.59 Å². The maximum absolute atomic E-state index is 11.8. The van der Waals surface area contributed by atoms with Gasteiger partial charge in [-0.3, -0.25) is 9.59 Å². The molecule has 2 amide bonds. The number of hydrogen-bond acceptors (Lipinski definition) is 2. The molecule has 0 atom stereocenters. The Bertz CT molecular complexity index is 453. The van der Waals surface area contributed by atoms with Gasteiger partial charge in [-0.2, -0.15) is 0 Å². The fraction of sp³-hybridized carbons (Fsp3) is 0.429. The lowest BCUT2D eigenvalue weighted by atomic mass is 9.95. The second-order valence-electron chi connectivity index (χ2n) is 4.77. The highest BCUT2D eigenvalue weighted by molar-refractivity contribution is 9.10. The van der Waals surface area contributed by atoms with E-state index in [4.69, 9.17) is 0 Å². The Kier molecular flexibility index (Phi) is 4.96. The lowest BCUT2D eigenvalue weighted by Crippen LogP contribution is -2.42. The first-order valence-electron chi connectivity index (χ1n) is 6.52. The largest absolute Gasteiger partial charge is 0.345 e. The Morgan fingerprint density at radius 2 is 1.63 bits per heavy atom. The normalized spacial score (nSPS) is 15.8. The summed E-state index contributed by atoms with van der Waals surface area (Å²) in [5.74, 6) is -1.15. The molecule has 0 aromatic heterocycles. The first-order chi connectivity index (χ1) is 9.15. The van der Waals surface area contributed by atoms with Gasteiger partial charge in [-0.05, 0) is 37.1 Å². The molecule has 1 fully saturated rings. The molecule has 0 aliphatic heterocycles. The van der Waals surface area contributed by atoms with Crippen LogP contribution in [0.3, 0.4) is 0 Å². The van der Waals surface area contributed by atoms with Crippen molar-refractivity contribution in [1.29, 1.82) is 0 Å². The van der Waals surface area contributed by atoms with Crippen LogP contribution in [0.5, 0.6) is 0 Å². The predicted molar refractivity (Wildman–Crippen MR) is 77.8 cm³/mol. The topological polar surface area (TPSA) is 58.2 Å². The van der Waals surface area contributed by atoms with Crippen LogP contribution >= 0.6 is 15.9 Å². The van der Waals surface area contributed by atoms with Crippen molar-refractivity contribution in [2.75, 3.05) is 5.32 Å². The third-order valence-corrected chi connectivity index (χ3v) is 3.78. The first kappa shape index (κ1) is 14.1. The molecule has 0 bridgehead atoms. The molecule has 0 heterocycles. The molecule has 19 heavy (non-hydrogen) atoms. The van der Waals surface area contributed by atoms with E-state index < -0.39 is 11.8 Å². The summed E-state index contributed by atoms with van der Waals surface area (Å²) in [6, 6.07) is 7.27. The van der Waals surface area contributed by atoms with Crippen molar-refractivity contribution in [3.63, 3.8) is 0 Å². The SMILES string of the molecule is O=C(Nc1ccc(Br)cc1)C(=O)NC1CCCCC1. The molecule has 5 heteroatoms. The average Bonchev–Trinajstić information content (AvgIpc) is 2.42. The van der Waals surface area contributed by atoms with Gasteiger partial charge in [0.25, 0.3) is 0 Å². The van der Waals surface area contributed by atoms with E-state index in [0.717, 1.165) is 30.2 Å². The van der Waals surface area contributed by atoms with Crippen molar-refractivity contribution in [3.8, 4) is 0 Å². The molecule has 2 rings (SSSR count). The van der Waals surface area contributed by atoms with Crippen molar-refractivity contribution >= 4 is 33.4 Å². The number of carbonyl (C=O) groups excluding carboxylic acids is 2. The summed E-state index contributed by atoms with van der Waals surface area (Å²) in [6.45, 7) is 0. The molecule has 1 aliphatic rings. The van der Waals surface area contributed by atoms with Gasteiger partial charge in [0, 0.05) is 16.2 Å². The van der Waals surface area contributed by atoms with E-state index in [1.807, 2.05) is 12.1 Å². The molecule has 1 aromatic carbocycles. The van der Waals surface area contributed by atoms with E-state index in [9.17, 15) is 9.59 Å². The highest BCUT2D eigenvalue weighted by Crippen LogP contribution is 2.17. The molecule has 2 N–H and O–H groups in total. The summed E-state index contributed by atoms with van der Waals surface area (Å²) < 4.78 is 0.928. The maximum atomic E-state index is 11.8. The number of anilines is 1. The van der Waals surface area contributed by atoms with E-state index in [-0.39, 0.29) is 6.04 Å². The minimum absolute atomic E-state index is 0.150. The predicted octanol–water partition coefficient (Wildman–Crippen LogP) is 2.84. The minimum Gasteiger partial charge on any atom is -0.345 e. The number of benzene rings is 1. The number of nitrogens with one attached hydrogen (secondary N) is 2. The fourth-order valence-electron chi connectivity index (χ4n) is 2.22. The monoisotopic (exact) mass is 324 g/mol. The smallest absolute Gasteiger partial charge is 0.313 e. The number of hydrogen-bond donors (Lipinski definition) is 2.